The molecule has 1 aliphatic heterocycles. The zero-order valence-corrected chi connectivity index (χ0v) is 18.7. The van der Waals surface area contributed by atoms with E-state index in [1.807, 2.05) is 24.3 Å². The van der Waals surface area contributed by atoms with E-state index in [2.05, 4.69) is 38.1 Å². The highest BCUT2D eigenvalue weighted by molar-refractivity contribution is 6.24. The van der Waals surface area contributed by atoms with Crippen LogP contribution in [-0.4, -0.2) is 17.8 Å². The fourth-order valence-corrected chi connectivity index (χ4v) is 6.68. The van der Waals surface area contributed by atoms with Crippen molar-refractivity contribution >= 4 is 23.5 Å². The van der Waals surface area contributed by atoms with Crippen molar-refractivity contribution in [1.29, 1.82) is 0 Å². The monoisotopic (exact) mass is 437 g/mol. The number of rotatable bonds is 2. The van der Waals surface area contributed by atoms with Crippen LogP contribution in [0.3, 0.4) is 0 Å². The summed E-state index contributed by atoms with van der Waals surface area (Å²) in [6.07, 6.45) is 0. The number of ether oxygens (including phenoxy) is 1. The quantitative estimate of drug-likeness (QED) is 0.340. The SMILES string of the molecule is CC(=O)Oc1cccc(N2C(=O)[C@H]3[C@H](C2=O)C2(C)c4ccccc4C3(C)c3ccccc32)c1. The smallest absolute Gasteiger partial charge is 0.308 e. The minimum atomic E-state index is -0.620. The predicted molar refractivity (Wildman–Crippen MR) is 123 cm³/mol. The summed E-state index contributed by atoms with van der Waals surface area (Å²) in [5.74, 6) is -1.59. The van der Waals surface area contributed by atoms with E-state index in [1.165, 1.54) is 11.8 Å². The summed E-state index contributed by atoms with van der Waals surface area (Å²) >= 11 is 0. The summed E-state index contributed by atoms with van der Waals surface area (Å²) in [6, 6.07) is 23.1. The average molecular weight is 437 g/mol. The van der Waals surface area contributed by atoms with E-state index >= 15 is 0 Å². The summed E-state index contributed by atoms with van der Waals surface area (Å²) in [4.78, 5) is 40.8. The lowest BCUT2D eigenvalue weighted by Crippen LogP contribution is -2.59. The lowest BCUT2D eigenvalue weighted by molar-refractivity contribution is -0.132. The van der Waals surface area contributed by atoms with Crippen molar-refractivity contribution < 1.29 is 19.1 Å². The third-order valence-electron chi connectivity index (χ3n) is 7.98. The van der Waals surface area contributed by atoms with Gasteiger partial charge in [0.05, 0.1) is 17.5 Å². The average Bonchev–Trinajstić information content (AvgIpc) is 3.08. The maximum atomic E-state index is 14.0. The number of hydrogen-bond donors (Lipinski definition) is 0. The molecule has 0 N–H and O–H groups in total. The molecule has 0 aromatic heterocycles. The first-order chi connectivity index (χ1) is 15.8. The largest absolute Gasteiger partial charge is 0.427 e. The molecule has 0 spiro atoms. The summed E-state index contributed by atoms with van der Waals surface area (Å²) < 4.78 is 5.21. The summed E-state index contributed by atoms with van der Waals surface area (Å²) in [6.45, 7) is 5.53. The second kappa shape index (κ2) is 6.41. The Morgan fingerprint density at radius 1 is 0.758 bits per heavy atom. The molecule has 0 saturated carbocycles. The van der Waals surface area contributed by atoms with Gasteiger partial charge in [0.15, 0.2) is 0 Å². The molecule has 5 nitrogen and oxygen atoms in total. The molecule has 2 amide bonds. The van der Waals surface area contributed by atoms with Crippen LogP contribution in [0.4, 0.5) is 5.69 Å². The first kappa shape index (κ1) is 19.9. The van der Waals surface area contributed by atoms with Crippen molar-refractivity contribution in [1.82, 2.24) is 0 Å². The standard InChI is InChI=1S/C28H23NO4/c1-16(30)33-18-10-8-9-17(15-18)29-25(31)23-24(26(29)32)28(3)21-13-6-4-11-19(21)27(23,2)20-12-5-7-14-22(20)28/h4-15,23-24H,1-3H3/t23-,24-,27?,28?/m1/s1. The van der Waals surface area contributed by atoms with Gasteiger partial charge >= 0.3 is 5.97 Å². The Balaban J connectivity index is 1.58. The molecule has 3 aliphatic carbocycles. The molecule has 1 saturated heterocycles. The van der Waals surface area contributed by atoms with Crippen LogP contribution in [0.5, 0.6) is 5.75 Å². The highest BCUT2D eigenvalue weighted by Gasteiger charge is 2.70. The van der Waals surface area contributed by atoms with Crippen molar-refractivity contribution in [3.63, 3.8) is 0 Å². The topological polar surface area (TPSA) is 63.7 Å². The maximum absolute atomic E-state index is 14.0. The first-order valence-corrected chi connectivity index (χ1v) is 11.2. The summed E-state index contributed by atoms with van der Waals surface area (Å²) in [5, 5.41) is 0. The molecule has 1 heterocycles. The Kier molecular flexibility index (Phi) is 3.87. The lowest BCUT2D eigenvalue weighted by Gasteiger charge is -2.57. The third-order valence-corrected chi connectivity index (χ3v) is 7.98. The van der Waals surface area contributed by atoms with Crippen LogP contribution in [0, 0.1) is 11.8 Å². The number of esters is 1. The second-order valence-corrected chi connectivity index (χ2v) is 9.55. The van der Waals surface area contributed by atoms with E-state index in [4.69, 9.17) is 4.74 Å². The number of anilines is 1. The van der Waals surface area contributed by atoms with Gasteiger partial charge in [-0.15, -0.1) is 0 Å². The van der Waals surface area contributed by atoms with Crippen molar-refractivity contribution in [2.45, 2.75) is 31.6 Å². The Bertz CT molecular complexity index is 1250. The molecular formula is C28H23NO4. The van der Waals surface area contributed by atoms with E-state index < -0.39 is 28.6 Å². The van der Waals surface area contributed by atoms with Crippen LogP contribution in [0.15, 0.2) is 72.8 Å². The normalized spacial score (nSPS) is 28.9. The van der Waals surface area contributed by atoms with E-state index in [9.17, 15) is 14.4 Å². The van der Waals surface area contributed by atoms with E-state index in [1.54, 1.807) is 24.3 Å². The number of carbonyl (C=O) groups is 3. The Morgan fingerprint density at radius 3 is 1.64 bits per heavy atom. The van der Waals surface area contributed by atoms with Crippen LogP contribution in [0.2, 0.25) is 0 Å². The number of benzene rings is 3. The van der Waals surface area contributed by atoms with Gasteiger partial charge in [0.25, 0.3) is 0 Å². The number of hydrogen-bond acceptors (Lipinski definition) is 4. The molecule has 3 aromatic rings. The molecule has 2 bridgehead atoms. The fourth-order valence-electron chi connectivity index (χ4n) is 6.68. The number of carbonyl (C=O) groups excluding carboxylic acids is 3. The fraction of sp³-hybridized carbons (Fsp3) is 0.250. The molecule has 0 radical (unpaired) electrons. The summed E-state index contributed by atoms with van der Waals surface area (Å²) in [5.41, 5.74) is 3.65. The molecule has 164 valence electrons. The minimum Gasteiger partial charge on any atom is -0.427 e. The Morgan fingerprint density at radius 2 is 1.21 bits per heavy atom. The molecular weight excluding hydrogens is 414 g/mol. The Labute approximate surface area is 192 Å². The van der Waals surface area contributed by atoms with E-state index in [0.29, 0.717) is 11.4 Å². The molecule has 7 rings (SSSR count). The predicted octanol–water partition coefficient (Wildman–Crippen LogP) is 4.36. The number of nitrogens with zero attached hydrogens (tertiary/aromatic N) is 1. The van der Waals surface area contributed by atoms with Crippen LogP contribution < -0.4 is 9.64 Å². The van der Waals surface area contributed by atoms with Crippen LogP contribution >= 0.6 is 0 Å². The second-order valence-electron chi connectivity index (χ2n) is 9.55. The van der Waals surface area contributed by atoms with Crippen LogP contribution in [0.1, 0.15) is 43.0 Å². The van der Waals surface area contributed by atoms with Gasteiger partial charge in [0, 0.05) is 23.8 Å². The highest BCUT2D eigenvalue weighted by Crippen LogP contribution is 2.66. The molecule has 2 atom stereocenters. The van der Waals surface area contributed by atoms with Gasteiger partial charge in [-0.1, -0.05) is 68.4 Å². The zero-order valence-electron chi connectivity index (χ0n) is 18.7. The summed E-state index contributed by atoms with van der Waals surface area (Å²) in [7, 11) is 0. The Hall–Kier alpha value is -3.73. The third kappa shape index (κ3) is 2.29. The van der Waals surface area contributed by atoms with Gasteiger partial charge in [-0.25, -0.2) is 4.90 Å². The van der Waals surface area contributed by atoms with Gasteiger partial charge in [-0.3, -0.25) is 14.4 Å². The number of imide groups is 1. The van der Waals surface area contributed by atoms with E-state index in [-0.39, 0.29) is 11.8 Å². The molecule has 3 aromatic carbocycles. The molecule has 33 heavy (non-hydrogen) atoms. The van der Waals surface area contributed by atoms with Crippen molar-refractivity contribution in [3.05, 3.63) is 95.1 Å². The molecule has 0 unspecified atom stereocenters. The molecule has 5 heteroatoms. The van der Waals surface area contributed by atoms with Gasteiger partial charge in [-0.05, 0) is 34.4 Å². The van der Waals surface area contributed by atoms with Gasteiger partial charge in [0.1, 0.15) is 5.75 Å². The molecule has 4 aliphatic rings. The van der Waals surface area contributed by atoms with Crippen LogP contribution in [0.25, 0.3) is 0 Å². The van der Waals surface area contributed by atoms with Gasteiger partial charge in [-0.2, -0.15) is 0 Å². The van der Waals surface area contributed by atoms with Crippen molar-refractivity contribution in [2.75, 3.05) is 4.90 Å². The van der Waals surface area contributed by atoms with Crippen molar-refractivity contribution in [2.24, 2.45) is 11.8 Å². The maximum Gasteiger partial charge on any atom is 0.308 e. The lowest BCUT2D eigenvalue weighted by atomic mass is 9.42. The van der Waals surface area contributed by atoms with Crippen molar-refractivity contribution in [3.8, 4) is 5.75 Å². The zero-order chi connectivity index (χ0) is 23.1. The highest BCUT2D eigenvalue weighted by atomic mass is 16.5. The van der Waals surface area contributed by atoms with Gasteiger partial charge in [0.2, 0.25) is 11.8 Å². The van der Waals surface area contributed by atoms with Gasteiger partial charge < -0.3 is 4.74 Å². The minimum absolute atomic E-state index is 0.206. The van der Waals surface area contributed by atoms with Crippen LogP contribution in [-0.2, 0) is 25.2 Å². The van der Waals surface area contributed by atoms with E-state index in [0.717, 1.165) is 22.3 Å². The molecule has 1 fully saturated rings. The number of amides is 2. The first-order valence-electron chi connectivity index (χ1n) is 11.2.